The lowest BCUT2D eigenvalue weighted by Gasteiger charge is -2.34. The summed E-state index contributed by atoms with van der Waals surface area (Å²) in [5, 5.41) is 10.1. The Morgan fingerprint density at radius 2 is 0.585 bits per heavy atom. The molecule has 10 aromatic carbocycles. The van der Waals surface area contributed by atoms with Crippen molar-refractivity contribution >= 4 is 43.1 Å². The van der Waals surface area contributed by atoms with Gasteiger partial charge in [0.25, 0.3) is 0 Å². The van der Waals surface area contributed by atoms with E-state index in [4.69, 9.17) is 0 Å². The standard InChI is InChI=1S/C53H34/c1-3-13-37-29-45-31-41(23-25-43(45)27-35(37)11-1)39-15-9-17-47(33-39)53(51-21-7-5-19-49(51)50-20-6-8-22-52(50)53)48-18-10-16-40(34-48)42-24-26-44-28-36-12-2-4-14-38(36)30-46(44)32-42/h1-34H. The Kier molecular flexibility index (Phi) is 6.57. The Morgan fingerprint density at radius 3 is 1.04 bits per heavy atom. The van der Waals surface area contributed by atoms with Crippen molar-refractivity contribution in [2.45, 2.75) is 5.41 Å². The lowest BCUT2D eigenvalue weighted by Crippen LogP contribution is -2.28. The summed E-state index contributed by atoms with van der Waals surface area (Å²) < 4.78 is 0. The van der Waals surface area contributed by atoms with Crippen LogP contribution in [0, 0.1) is 0 Å². The maximum absolute atomic E-state index is 2.44. The van der Waals surface area contributed by atoms with Gasteiger partial charge in [-0.15, -0.1) is 0 Å². The predicted octanol–water partition coefficient (Wildman–Crippen LogP) is 14.0. The van der Waals surface area contributed by atoms with Gasteiger partial charge in [-0.1, -0.05) is 158 Å². The molecule has 0 nitrogen and oxygen atoms in total. The first-order valence-corrected chi connectivity index (χ1v) is 18.5. The van der Waals surface area contributed by atoms with Crippen LogP contribution in [-0.2, 0) is 5.41 Å². The SMILES string of the molecule is c1cc(-c2ccc3cc4ccccc4cc3c2)cc(C2(c3cccc(-c4ccc5cc6ccccc6cc5c4)c3)c3ccccc3-c3ccccc32)c1. The Labute approximate surface area is 309 Å². The lowest BCUT2D eigenvalue weighted by molar-refractivity contribution is 0.769. The van der Waals surface area contributed by atoms with Crippen molar-refractivity contribution in [2.24, 2.45) is 0 Å². The van der Waals surface area contributed by atoms with E-state index in [2.05, 4.69) is 206 Å². The van der Waals surface area contributed by atoms with Gasteiger partial charge in [0.1, 0.15) is 0 Å². The molecular formula is C53H34. The van der Waals surface area contributed by atoms with Gasteiger partial charge in [-0.25, -0.2) is 0 Å². The molecule has 53 heavy (non-hydrogen) atoms. The van der Waals surface area contributed by atoms with Gasteiger partial charge < -0.3 is 0 Å². The van der Waals surface area contributed by atoms with Crippen molar-refractivity contribution in [2.75, 3.05) is 0 Å². The number of hydrogen-bond donors (Lipinski definition) is 0. The van der Waals surface area contributed by atoms with Crippen LogP contribution < -0.4 is 0 Å². The molecule has 0 saturated heterocycles. The Hall–Kier alpha value is -6.76. The molecule has 0 N–H and O–H groups in total. The molecule has 0 amide bonds. The largest absolute Gasteiger partial charge is 0.0713 e. The second kappa shape index (κ2) is 11.6. The van der Waals surface area contributed by atoms with Gasteiger partial charge in [0.2, 0.25) is 0 Å². The highest BCUT2D eigenvalue weighted by molar-refractivity contribution is 6.01. The smallest absolute Gasteiger partial charge is 0.0619 e. The van der Waals surface area contributed by atoms with Crippen LogP contribution in [-0.4, -0.2) is 0 Å². The average Bonchev–Trinajstić information content (AvgIpc) is 3.53. The molecule has 1 aliphatic carbocycles. The van der Waals surface area contributed by atoms with E-state index in [9.17, 15) is 0 Å². The fraction of sp³-hybridized carbons (Fsp3) is 0.0189. The third kappa shape index (κ3) is 4.62. The number of fused-ring (bicyclic) bond motifs is 7. The maximum atomic E-state index is 2.44. The van der Waals surface area contributed by atoms with Gasteiger partial charge in [0.15, 0.2) is 0 Å². The number of benzene rings is 10. The second-order valence-electron chi connectivity index (χ2n) is 14.5. The minimum Gasteiger partial charge on any atom is -0.0619 e. The predicted molar refractivity (Wildman–Crippen MR) is 225 cm³/mol. The molecule has 0 heterocycles. The van der Waals surface area contributed by atoms with E-state index in [1.54, 1.807) is 0 Å². The summed E-state index contributed by atoms with van der Waals surface area (Å²) >= 11 is 0. The van der Waals surface area contributed by atoms with Crippen molar-refractivity contribution in [1.29, 1.82) is 0 Å². The van der Waals surface area contributed by atoms with E-state index in [1.165, 1.54) is 98.7 Å². The van der Waals surface area contributed by atoms with Gasteiger partial charge in [0.05, 0.1) is 5.41 Å². The van der Waals surface area contributed by atoms with Crippen LogP contribution in [0.4, 0.5) is 0 Å². The summed E-state index contributed by atoms with van der Waals surface area (Å²) in [6.45, 7) is 0. The van der Waals surface area contributed by atoms with Gasteiger partial charge >= 0.3 is 0 Å². The highest BCUT2D eigenvalue weighted by Gasteiger charge is 2.46. The van der Waals surface area contributed by atoms with Crippen molar-refractivity contribution in [3.63, 3.8) is 0 Å². The Bertz CT molecular complexity index is 2860. The van der Waals surface area contributed by atoms with E-state index in [0.717, 1.165) is 0 Å². The van der Waals surface area contributed by atoms with Crippen molar-refractivity contribution in [1.82, 2.24) is 0 Å². The van der Waals surface area contributed by atoms with Crippen LogP contribution in [0.3, 0.4) is 0 Å². The molecule has 0 radical (unpaired) electrons. The molecule has 11 rings (SSSR count). The molecule has 0 heteroatoms. The first kappa shape index (κ1) is 29.9. The molecule has 0 unspecified atom stereocenters. The van der Waals surface area contributed by atoms with Crippen LogP contribution >= 0.6 is 0 Å². The number of rotatable bonds is 4. The number of hydrogen-bond acceptors (Lipinski definition) is 0. The van der Waals surface area contributed by atoms with Crippen molar-refractivity contribution in [3.8, 4) is 33.4 Å². The maximum Gasteiger partial charge on any atom is 0.0713 e. The lowest BCUT2D eigenvalue weighted by atomic mass is 9.67. The molecule has 0 fully saturated rings. The molecule has 0 aliphatic heterocycles. The minimum atomic E-state index is -0.501. The van der Waals surface area contributed by atoms with Gasteiger partial charge in [-0.2, -0.15) is 0 Å². The fourth-order valence-electron chi connectivity index (χ4n) is 9.13. The van der Waals surface area contributed by atoms with E-state index in [0.29, 0.717) is 0 Å². The quantitative estimate of drug-likeness (QED) is 0.164. The molecule has 0 atom stereocenters. The van der Waals surface area contributed by atoms with Crippen LogP contribution in [0.1, 0.15) is 22.3 Å². The first-order valence-electron chi connectivity index (χ1n) is 18.5. The van der Waals surface area contributed by atoms with Gasteiger partial charge in [-0.3, -0.25) is 0 Å². The Morgan fingerprint density at radius 1 is 0.226 bits per heavy atom. The van der Waals surface area contributed by atoms with Crippen molar-refractivity contribution in [3.05, 3.63) is 229 Å². The summed E-state index contributed by atoms with van der Waals surface area (Å²) in [7, 11) is 0. The topological polar surface area (TPSA) is 0 Å². The molecular weight excluding hydrogens is 637 g/mol. The summed E-state index contributed by atoms with van der Waals surface area (Å²) in [4.78, 5) is 0. The summed E-state index contributed by atoms with van der Waals surface area (Å²) in [6.07, 6.45) is 0. The van der Waals surface area contributed by atoms with Crippen LogP contribution in [0.25, 0.3) is 76.5 Å². The summed E-state index contributed by atoms with van der Waals surface area (Å²) in [5.74, 6) is 0. The normalized spacial score (nSPS) is 13.1. The van der Waals surface area contributed by atoms with Gasteiger partial charge in [-0.05, 0) is 147 Å². The van der Waals surface area contributed by atoms with Crippen LogP contribution in [0.5, 0.6) is 0 Å². The highest BCUT2D eigenvalue weighted by Crippen LogP contribution is 2.56. The molecule has 10 aromatic rings. The van der Waals surface area contributed by atoms with Crippen LogP contribution in [0.15, 0.2) is 206 Å². The van der Waals surface area contributed by atoms with Gasteiger partial charge in [0, 0.05) is 0 Å². The average molecular weight is 671 g/mol. The molecule has 0 aromatic heterocycles. The zero-order valence-electron chi connectivity index (χ0n) is 29.1. The first-order chi connectivity index (χ1) is 26.2. The third-order valence-electron chi connectivity index (χ3n) is 11.6. The third-order valence-corrected chi connectivity index (χ3v) is 11.6. The molecule has 1 aliphatic rings. The van der Waals surface area contributed by atoms with Crippen molar-refractivity contribution < 1.29 is 0 Å². The Balaban J connectivity index is 1.12. The fourth-order valence-corrected chi connectivity index (χ4v) is 9.13. The molecule has 0 saturated carbocycles. The second-order valence-corrected chi connectivity index (χ2v) is 14.5. The molecule has 0 spiro atoms. The van der Waals surface area contributed by atoms with E-state index < -0.39 is 5.41 Å². The van der Waals surface area contributed by atoms with E-state index in [1.807, 2.05) is 0 Å². The van der Waals surface area contributed by atoms with E-state index in [-0.39, 0.29) is 0 Å². The summed E-state index contributed by atoms with van der Waals surface area (Å²) in [5.41, 5.74) is 12.2. The minimum absolute atomic E-state index is 0.501. The zero-order valence-corrected chi connectivity index (χ0v) is 29.1. The molecule has 0 bridgehead atoms. The highest BCUT2D eigenvalue weighted by atomic mass is 14.5. The summed E-state index contributed by atoms with van der Waals surface area (Å²) in [6, 6.07) is 77.0. The zero-order chi connectivity index (χ0) is 34.9. The monoisotopic (exact) mass is 670 g/mol. The molecule has 246 valence electrons. The van der Waals surface area contributed by atoms with E-state index >= 15 is 0 Å². The van der Waals surface area contributed by atoms with Crippen LogP contribution in [0.2, 0.25) is 0 Å².